The molecule has 1 saturated heterocycles. The third kappa shape index (κ3) is 3.60. The summed E-state index contributed by atoms with van der Waals surface area (Å²) in [6, 6.07) is 14.1. The van der Waals surface area contributed by atoms with E-state index in [1.54, 1.807) is 36.4 Å². The summed E-state index contributed by atoms with van der Waals surface area (Å²) < 4.78 is 0. The molecule has 1 amide bonds. The van der Waals surface area contributed by atoms with Crippen LogP contribution in [-0.2, 0) is 6.42 Å². The second-order valence-corrected chi connectivity index (χ2v) is 6.50. The van der Waals surface area contributed by atoms with Crippen LogP contribution in [-0.4, -0.2) is 35.0 Å². The van der Waals surface area contributed by atoms with E-state index in [1.807, 2.05) is 17.0 Å². The van der Waals surface area contributed by atoms with Gasteiger partial charge in [-0.2, -0.15) is 0 Å². The second kappa shape index (κ2) is 7.05. The number of hydrogen-bond donors (Lipinski definition) is 1. The van der Waals surface area contributed by atoms with E-state index in [1.165, 1.54) is 0 Å². The monoisotopic (exact) mass is 343 g/mol. The van der Waals surface area contributed by atoms with Crippen molar-refractivity contribution in [1.82, 2.24) is 4.90 Å². The van der Waals surface area contributed by atoms with E-state index >= 15 is 0 Å². The Balaban J connectivity index is 1.65. The number of benzene rings is 2. The number of hydrogen-bond acceptors (Lipinski definition) is 2. The minimum Gasteiger partial charge on any atom is -0.478 e. The van der Waals surface area contributed by atoms with Crippen molar-refractivity contribution in [2.24, 2.45) is 5.92 Å². The summed E-state index contributed by atoms with van der Waals surface area (Å²) in [5, 5.41) is 9.54. The fourth-order valence-electron chi connectivity index (χ4n) is 3.15. The Labute approximate surface area is 145 Å². The smallest absolute Gasteiger partial charge is 0.335 e. The molecule has 1 fully saturated rings. The highest BCUT2D eigenvalue weighted by atomic mass is 35.5. The Bertz CT molecular complexity index is 775. The highest BCUT2D eigenvalue weighted by Gasteiger charge is 2.28. The van der Waals surface area contributed by atoms with Crippen molar-refractivity contribution in [2.45, 2.75) is 12.8 Å². The number of carboxylic acid groups (broad SMARTS) is 1. The molecule has 1 aliphatic rings. The molecule has 0 radical (unpaired) electrons. The molecule has 4 nitrogen and oxygen atoms in total. The van der Waals surface area contributed by atoms with Gasteiger partial charge >= 0.3 is 5.97 Å². The number of amides is 1. The van der Waals surface area contributed by atoms with Crippen LogP contribution in [0, 0.1) is 5.92 Å². The van der Waals surface area contributed by atoms with Crippen molar-refractivity contribution in [3.63, 3.8) is 0 Å². The van der Waals surface area contributed by atoms with Gasteiger partial charge in [0.25, 0.3) is 5.91 Å². The molecule has 24 heavy (non-hydrogen) atoms. The number of halogens is 1. The SMILES string of the molecule is O=C(O)c1cccc(C[C@H]2CCN(C(=O)c3ccccc3Cl)C2)c1. The minimum absolute atomic E-state index is 0.0395. The molecule has 3 rings (SSSR count). The zero-order valence-electron chi connectivity index (χ0n) is 13.1. The Morgan fingerprint density at radius 1 is 1.17 bits per heavy atom. The second-order valence-electron chi connectivity index (χ2n) is 6.10. The Morgan fingerprint density at radius 3 is 2.71 bits per heavy atom. The highest BCUT2D eigenvalue weighted by molar-refractivity contribution is 6.33. The number of carbonyl (C=O) groups is 2. The lowest BCUT2D eigenvalue weighted by Crippen LogP contribution is -2.29. The van der Waals surface area contributed by atoms with Gasteiger partial charge in [-0.25, -0.2) is 4.79 Å². The molecule has 124 valence electrons. The Hall–Kier alpha value is -2.33. The lowest BCUT2D eigenvalue weighted by molar-refractivity contribution is 0.0696. The van der Waals surface area contributed by atoms with Crippen LogP contribution in [0.1, 0.15) is 32.7 Å². The van der Waals surface area contributed by atoms with Crippen LogP contribution < -0.4 is 0 Å². The lowest BCUT2D eigenvalue weighted by Gasteiger charge is -2.17. The van der Waals surface area contributed by atoms with E-state index in [2.05, 4.69) is 0 Å². The molecule has 0 saturated carbocycles. The molecule has 2 aromatic rings. The summed E-state index contributed by atoms with van der Waals surface area (Å²) in [4.78, 5) is 25.5. The van der Waals surface area contributed by atoms with Crippen LogP contribution in [0.3, 0.4) is 0 Å². The van der Waals surface area contributed by atoms with Gasteiger partial charge in [-0.3, -0.25) is 4.79 Å². The van der Waals surface area contributed by atoms with E-state index in [0.29, 0.717) is 35.2 Å². The van der Waals surface area contributed by atoms with Crippen LogP contribution in [0.4, 0.5) is 0 Å². The third-order valence-electron chi connectivity index (χ3n) is 4.38. The first-order valence-electron chi connectivity index (χ1n) is 7.90. The number of likely N-dealkylation sites (tertiary alicyclic amines) is 1. The number of carboxylic acids is 1. The Morgan fingerprint density at radius 2 is 1.96 bits per heavy atom. The predicted octanol–water partition coefficient (Wildman–Crippen LogP) is 3.74. The number of rotatable bonds is 4. The highest BCUT2D eigenvalue weighted by Crippen LogP contribution is 2.25. The summed E-state index contributed by atoms with van der Waals surface area (Å²) in [6.45, 7) is 1.37. The van der Waals surface area contributed by atoms with E-state index in [-0.39, 0.29) is 5.91 Å². The lowest BCUT2D eigenvalue weighted by atomic mass is 9.97. The van der Waals surface area contributed by atoms with Crippen molar-refractivity contribution < 1.29 is 14.7 Å². The van der Waals surface area contributed by atoms with Gasteiger partial charge in [0.1, 0.15) is 0 Å². The maximum Gasteiger partial charge on any atom is 0.335 e. The average molecular weight is 344 g/mol. The molecular weight excluding hydrogens is 326 g/mol. The van der Waals surface area contributed by atoms with Crippen molar-refractivity contribution in [1.29, 1.82) is 0 Å². The molecule has 1 aliphatic heterocycles. The van der Waals surface area contributed by atoms with Crippen LogP contribution in [0.15, 0.2) is 48.5 Å². The van der Waals surface area contributed by atoms with E-state index in [9.17, 15) is 9.59 Å². The fraction of sp³-hybridized carbons (Fsp3) is 0.263. The topological polar surface area (TPSA) is 57.6 Å². The maximum atomic E-state index is 12.6. The van der Waals surface area contributed by atoms with Crippen LogP contribution in [0.5, 0.6) is 0 Å². The summed E-state index contributed by atoms with van der Waals surface area (Å²) >= 11 is 6.11. The summed E-state index contributed by atoms with van der Waals surface area (Å²) in [7, 11) is 0. The van der Waals surface area contributed by atoms with Crippen molar-refractivity contribution >= 4 is 23.5 Å². The van der Waals surface area contributed by atoms with E-state index in [0.717, 1.165) is 18.4 Å². The molecule has 0 aromatic heterocycles. The zero-order chi connectivity index (χ0) is 17.1. The first kappa shape index (κ1) is 16.5. The van der Waals surface area contributed by atoms with Gasteiger partial charge < -0.3 is 10.0 Å². The standard InChI is InChI=1S/C19H18ClNO3/c20-17-7-2-1-6-16(17)18(22)21-9-8-14(12-21)10-13-4-3-5-15(11-13)19(23)24/h1-7,11,14H,8-10,12H2,(H,23,24)/t14-/m1/s1. The van der Waals surface area contributed by atoms with Crippen LogP contribution in [0.2, 0.25) is 5.02 Å². The number of carbonyl (C=O) groups excluding carboxylic acids is 1. The molecule has 0 unspecified atom stereocenters. The molecule has 1 atom stereocenters. The molecule has 0 aliphatic carbocycles. The van der Waals surface area contributed by atoms with Gasteiger partial charge in [0.15, 0.2) is 0 Å². The largest absolute Gasteiger partial charge is 0.478 e. The fourth-order valence-corrected chi connectivity index (χ4v) is 3.37. The van der Waals surface area contributed by atoms with E-state index < -0.39 is 5.97 Å². The van der Waals surface area contributed by atoms with Crippen LogP contribution in [0.25, 0.3) is 0 Å². The van der Waals surface area contributed by atoms with Gasteiger partial charge in [0.2, 0.25) is 0 Å². The van der Waals surface area contributed by atoms with Crippen molar-refractivity contribution in [3.8, 4) is 0 Å². The maximum absolute atomic E-state index is 12.6. The minimum atomic E-state index is -0.918. The molecule has 0 spiro atoms. The van der Waals surface area contributed by atoms with Crippen molar-refractivity contribution in [3.05, 3.63) is 70.2 Å². The third-order valence-corrected chi connectivity index (χ3v) is 4.71. The van der Waals surface area contributed by atoms with Crippen molar-refractivity contribution in [2.75, 3.05) is 13.1 Å². The van der Waals surface area contributed by atoms with Gasteiger partial charge in [0.05, 0.1) is 16.1 Å². The number of nitrogens with zero attached hydrogens (tertiary/aromatic N) is 1. The summed E-state index contributed by atoms with van der Waals surface area (Å²) in [5.74, 6) is -0.623. The molecule has 0 bridgehead atoms. The summed E-state index contributed by atoms with van der Waals surface area (Å²) in [5.41, 5.74) is 1.83. The van der Waals surface area contributed by atoms with E-state index in [4.69, 9.17) is 16.7 Å². The first-order valence-corrected chi connectivity index (χ1v) is 8.28. The molecule has 1 heterocycles. The molecular formula is C19H18ClNO3. The normalized spacial score (nSPS) is 17.0. The average Bonchev–Trinajstić information content (AvgIpc) is 3.03. The van der Waals surface area contributed by atoms with Gasteiger partial charge in [0, 0.05) is 13.1 Å². The number of aromatic carboxylic acids is 1. The molecule has 1 N–H and O–H groups in total. The molecule has 5 heteroatoms. The summed E-state index contributed by atoms with van der Waals surface area (Å²) in [6.07, 6.45) is 1.68. The Kier molecular flexibility index (Phi) is 4.86. The van der Waals surface area contributed by atoms with Gasteiger partial charge in [-0.15, -0.1) is 0 Å². The zero-order valence-corrected chi connectivity index (χ0v) is 13.9. The first-order chi connectivity index (χ1) is 11.5. The van der Waals surface area contributed by atoms with Gasteiger partial charge in [-0.05, 0) is 48.6 Å². The van der Waals surface area contributed by atoms with Crippen LogP contribution >= 0.6 is 11.6 Å². The predicted molar refractivity (Wildman–Crippen MR) is 92.6 cm³/mol. The quantitative estimate of drug-likeness (QED) is 0.920. The van der Waals surface area contributed by atoms with Gasteiger partial charge in [-0.1, -0.05) is 35.9 Å². The molecule has 2 aromatic carbocycles.